The number of benzene rings is 1. The van der Waals surface area contributed by atoms with Gasteiger partial charge in [0, 0.05) is 18.7 Å². The molecule has 0 saturated carbocycles. The summed E-state index contributed by atoms with van der Waals surface area (Å²) in [5, 5.41) is 2.61. The average Bonchev–Trinajstić information content (AvgIpc) is 3.15. The van der Waals surface area contributed by atoms with Crippen molar-refractivity contribution in [1.29, 1.82) is 0 Å². The molecule has 1 atom stereocenters. The van der Waals surface area contributed by atoms with Crippen LogP contribution in [0, 0.1) is 0 Å². The first-order valence-electron chi connectivity index (χ1n) is 8.22. The zero-order chi connectivity index (χ0) is 16.2. The van der Waals surface area contributed by atoms with Gasteiger partial charge in [-0.3, -0.25) is 9.69 Å². The highest BCUT2D eigenvalue weighted by atomic mass is 16.1. The highest BCUT2D eigenvalue weighted by Gasteiger charge is 2.19. The fourth-order valence-corrected chi connectivity index (χ4v) is 3.12. The van der Waals surface area contributed by atoms with E-state index in [2.05, 4.69) is 46.4 Å². The molecule has 1 amide bonds. The van der Waals surface area contributed by atoms with Gasteiger partial charge in [0.2, 0.25) is 0 Å². The second-order valence-corrected chi connectivity index (χ2v) is 6.03. The summed E-state index contributed by atoms with van der Waals surface area (Å²) in [7, 11) is 1.62. The van der Waals surface area contributed by atoms with Gasteiger partial charge in [-0.1, -0.05) is 30.3 Å². The molecule has 1 aromatic heterocycles. The Morgan fingerprint density at radius 1 is 1.13 bits per heavy atom. The van der Waals surface area contributed by atoms with Crippen molar-refractivity contribution < 1.29 is 4.79 Å². The van der Waals surface area contributed by atoms with Crippen LogP contribution in [0.1, 0.15) is 41.9 Å². The normalized spacial score (nSPS) is 16.3. The minimum absolute atomic E-state index is 0.161. The van der Waals surface area contributed by atoms with Crippen LogP contribution >= 0.6 is 0 Å². The van der Waals surface area contributed by atoms with Crippen LogP contribution in [0.25, 0.3) is 11.3 Å². The average molecular weight is 309 g/mol. The molecule has 1 aromatic carbocycles. The van der Waals surface area contributed by atoms with Gasteiger partial charge in [0.15, 0.2) is 0 Å². The summed E-state index contributed by atoms with van der Waals surface area (Å²) >= 11 is 0. The molecule has 4 nitrogen and oxygen atoms in total. The number of carbonyl (C=O) groups is 1. The van der Waals surface area contributed by atoms with Gasteiger partial charge in [0.25, 0.3) is 5.91 Å². The third-order valence-corrected chi connectivity index (χ3v) is 4.59. The van der Waals surface area contributed by atoms with Crippen LogP contribution in [0.3, 0.4) is 0 Å². The zero-order valence-electron chi connectivity index (χ0n) is 13.7. The van der Waals surface area contributed by atoms with Gasteiger partial charge in [-0.25, -0.2) is 4.98 Å². The van der Waals surface area contributed by atoms with Crippen LogP contribution in [-0.2, 0) is 0 Å². The second kappa shape index (κ2) is 6.92. The molecule has 0 aliphatic carbocycles. The monoisotopic (exact) mass is 309 g/mol. The lowest BCUT2D eigenvalue weighted by atomic mass is 10.0. The van der Waals surface area contributed by atoms with Crippen molar-refractivity contribution in [3.8, 4) is 11.3 Å². The number of likely N-dealkylation sites (tertiary alicyclic amines) is 1. The van der Waals surface area contributed by atoms with Crippen molar-refractivity contribution in [2.24, 2.45) is 0 Å². The summed E-state index contributed by atoms with van der Waals surface area (Å²) in [6.45, 7) is 4.65. The number of pyridine rings is 1. The van der Waals surface area contributed by atoms with E-state index in [4.69, 9.17) is 0 Å². The van der Waals surface area contributed by atoms with Crippen LogP contribution in [0.4, 0.5) is 0 Å². The Kier molecular flexibility index (Phi) is 4.72. The molecule has 1 aliphatic rings. The van der Waals surface area contributed by atoms with E-state index in [0.717, 1.165) is 11.3 Å². The Hall–Kier alpha value is -2.20. The summed E-state index contributed by atoms with van der Waals surface area (Å²) in [6, 6.07) is 14.5. The molecule has 4 heteroatoms. The van der Waals surface area contributed by atoms with E-state index in [-0.39, 0.29) is 5.91 Å². The van der Waals surface area contributed by atoms with Gasteiger partial charge in [-0.2, -0.15) is 0 Å². The van der Waals surface area contributed by atoms with Crippen LogP contribution in [0.5, 0.6) is 0 Å². The molecule has 1 saturated heterocycles. The topological polar surface area (TPSA) is 45.2 Å². The number of aromatic nitrogens is 1. The highest BCUT2D eigenvalue weighted by Crippen LogP contribution is 2.26. The van der Waals surface area contributed by atoms with E-state index in [1.165, 1.54) is 31.5 Å². The van der Waals surface area contributed by atoms with Crippen LogP contribution < -0.4 is 5.32 Å². The molecule has 0 unspecified atom stereocenters. The predicted octanol–water partition coefficient (Wildman–Crippen LogP) is 3.27. The van der Waals surface area contributed by atoms with E-state index < -0.39 is 0 Å². The van der Waals surface area contributed by atoms with Crippen LogP contribution in [0.15, 0.2) is 42.5 Å². The first-order chi connectivity index (χ1) is 11.2. The number of hydrogen-bond acceptors (Lipinski definition) is 3. The van der Waals surface area contributed by atoms with E-state index in [1.807, 2.05) is 12.1 Å². The predicted molar refractivity (Wildman–Crippen MR) is 92.3 cm³/mol. The van der Waals surface area contributed by atoms with Crippen molar-refractivity contribution in [2.45, 2.75) is 25.8 Å². The standard InChI is InChI=1S/C19H23N3O/c1-14(22-12-3-4-13-22)15-8-10-16(11-9-15)17-6-5-7-18(21-17)19(23)20-2/h5-11,14H,3-4,12-13H2,1-2H3,(H,20,23)/t14-/m1/s1. The molecule has 0 radical (unpaired) electrons. The molecule has 23 heavy (non-hydrogen) atoms. The fourth-order valence-electron chi connectivity index (χ4n) is 3.12. The first-order valence-corrected chi connectivity index (χ1v) is 8.22. The third kappa shape index (κ3) is 3.42. The number of hydrogen-bond donors (Lipinski definition) is 1. The number of amides is 1. The Morgan fingerprint density at radius 2 is 1.83 bits per heavy atom. The molecule has 2 aromatic rings. The number of carbonyl (C=O) groups excluding carboxylic acids is 1. The summed E-state index contributed by atoms with van der Waals surface area (Å²) in [6.07, 6.45) is 2.61. The quantitative estimate of drug-likeness (QED) is 0.943. The summed E-state index contributed by atoms with van der Waals surface area (Å²) in [4.78, 5) is 18.7. The van der Waals surface area contributed by atoms with Crippen molar-refractivity contribution in [1.82, 2.24) is 15.2 Å². The number of rotatable bonds is 4. The second-order valence-electron chi connectivity index (χ2n) is 6.03. The van der Waals surface area contributed by atoms with E-state index in [1.54, 1.807) is 13.1 Å². The van der Waals surface area contributed by atoms with Gasteiger partial charge < -0.3 is 5.32 Å². The molecule has 1 aliphatic heterocycles. The Balaban J connectivity index is 1.80. The summed E-state index contributed by atoms with van der Waals surface area (Å²) < 4.78 is 0. The van der Waals surface area contributed by atoms with Crippen molar-refractivity contribution >= 4 is 5.91 Å². The van der Waals surface area contributed by atoms with Crippen molar-refractivity contribution in [2.75, 3.05) is 20.1 Å². The minimum Gasteiger partial charge on any atom is -0.354 e. The number of nitrogens with zero attached hydrogens (tertiary/aromatic N) is 2. The molecule has 3 rings (SSSR count). The summed E-state index contributed by atoms with van der Waals surface area (Å²) in [5.74, 6) is -0.161. The van der Waals surface area contributed by atoms with Gasteiger partial charge in [0.1, 0.15) is 5.69 Å². The molecule has 1 N–H and O–H groups in total. The first kappa shape index (κ1) is 15.7. The Bertz CT molecular complexity index is 675. The maximum absolute atomic E-state index is 11.7. The minimum atomic E-state index is -0.161. The Labute approximate surface area is 137 Å². The Morgan fingerprint density at radius 3 is 2.48 bits per heavy atom. The van der Waals surface area contributed by atoms with Gasteiger partial charge in [-0.15, -0.1) is 0 Å². The smallest absolute Gasteiger partial charge is 0.269 e. The van der Waals surface area contributed by atoms with Crippen molar-refractivity contribution in [3.63, 3.8) is 0 Å². The van der Waals surface area contributed by atoms with Gasteiger partial charge in [-0.05, 0) is 50.6 Å². The molecule has 1 fully saturated rings. The fraction of sp³-hybridized carbons (Fsp3) is 0.368. The SMILES string of the molecule is CNC(=O)c1cccc(-c2ccc([C@@H](C)N3CCCC3)cc2)n1. The molecule has 0 spiro atoms. The molecule has 120 valence electrons. The van der Waals surface area contributed by atoms with Crippen molar-refractivity contribution in [3.05, 3.63) is 53.7 Å². The molecule has 0 bridgehead atoms. The largest absolute Gasteiger partial charge is 0.354 e. The van der Waals surface area contributed by atoms with Crippen LogP contribution in [0.2, 0.25) is 0 Å². The maximum Gasteiger partial charge on any atom is 0.269 e. The van der Waals surface area contributed by atoms with Gasteiger partial charge >= 0.3 is 0 Å². The lowest BCUT2D eigenvalue weighted by molar-refractivity contribution is 0.0958. The third-order valence-electron chi connectivity index (χ3n) is 4.59. The maximum atomic E-state index is 11.7. The molecular formula is C19H23N3O. The lowest BCUT2D eigenvalue weighted by Crippen LogP contribution is -2.23. The van der Waals surface area contributed by atoms with E-state index in [0.29, 0.717) is 11.7 Å². The van der Waals surface area contributed by atoms with Gasteiger partial charge in [0.05, 0.1) is 5.69 Å². The van der Waals surface area contributed by atoms with E-state index >= 15 is 0 Å². The highest BCUT2D eigenvalue weighted by molar-refractivity contribution is 5.92. The zero-order valence-corrected chi connectivity index (χ0v) is 13.7. The summed E-state index contributed by atoms with van der Waals surface area (Å²) in [5.41, 5.74) is 3.64. The molecule has 2 heterocycles. The number of nitrogens with one attached hydrogen (secondary N) is 1. The lowest BCUT2D eigenvalue weighted by Gasteiger charge is -2.24. The van der Waals surface area contributed by atoms with E-state index in [9.17, 15) is 4.79 Å². The van der Waals surface area contributed by atoms with Crippen LogP contribution in [-0.4, -0.2) is 35.9 Å². The molecular weight excluding hydrogens is 286 g/mol.